The number of fused-ring (bicyclic) bond motifs is 1. The monoisotopic (exact) mass is 174 g/mol. The van der Waals surface area contributed by atoms with Gasteiger partial charge in [-0.2, -0.15) is 0 Å². The maximum Gasteiger partial charge on any atom is 0.0481 e. The van der Waals surface area contributed by atoms with E-state index >= 15 is 0 Å². The lowest BCUT2D eigenvalue weighted by Crippen LogP contribution is -2.04. The van der Waals surface area contributed by atoms with Gasteiger partial charge >= 0.3 is 0 Å². The van der Waals surface area contributed by atoms with Crippen LogP contribution >= 0.6 is 0 Å². The van der Waals surface area contributed by atoms with E-state index in [1.807, 2.05) is 14.0 Å². The molecule has 1 atom stereocenters. The first kappa shape index (κ1) is 8.32. The molecule has 1 aromatic heterocycles. The van der Waals surface area contributed by atoms with E-state index in [-0.39, 0.29) is 6.04 Å². The van der Waals surface area contributed by atoms with E-state index in [2.05, 4.69) is 35.0 Å². The van der Waals surface area contributed by atoms with Gasteiger partial charge in [-0.15, -0.1) is 0 Å². The van der Waals surface area contributed by atoms with E-state index in [0.29, 0.717) is 0 Å². The molecule has 68 valence electrons. The molecule has 0 bridgehead atoms. The minimum absolute atomic E-state index is 0.110. The summed E-state index contributed by atoms with van der Waals surface area (Å²) in [5, 5.41) is 1.27. The fourth-order valence-electron chi connectivity index (χ4n) is 1.56. The maximum absolute atomic E-state index is 5.81. The smallest absolute Gasteiger partial charge is 0.0481 e. The molecular formula is C11H14N2. The number of benzene rings is 1. The quantitative estimate of drug-likeness (QED) is 0.706. The van der Waals surface area contributed by atoms with Gasteiger partial charge in [-0.1, -0.05) is 12.1 Å². The van der Waals surface area contributed by atoms with Gasteiger partial charge in [0.2, 0.25) is 0 Å². The zero-order chi connectivity index (χ0) is 9.42. The van der Waals surface area contributed by atoms with Gasteiger partial charge < -0.3 is 10.3 Å². The molecule has 13 heavy (non-hydrogen) atoms. The predicted molar refractivity (Wildman–Crippen MR) is 55.5 cm³/mol. The fourth-order valence-corrected chi connectivity index (χ4v) is 1.56. The van der Waals surface area contributed by atoms with Gasteiger partial charge in [-0.3, -0.25) is 0 Å². The van der Waals surface area contributed by atoms with Crippen molar-refractivity contribution in [1.82, 2.24) is 4.57 Å². The first-order valence-corrected chi connectivity index (χ1v) is 4.49. The summed E-state index contributed by atoms with van der Waals surface area (Å²) in [6.45, 7) is 2.00. The maximum atomic E-state index is 5.81. The summed E-state index contributed by atoms with van der Waals surface area (Å²) in [5.74, 6) is 0. The molecule has 0 aliphatic carbocycles. The fraction of sp³-hybridized carbons (Fsp3) is 0.273. The summed E-state index contributed by atoms with van der Waals surface area (Å²) in [5.41, 5.74) is 8.25. The lowest BCUT2D eigenvalue weighted by molar-refractivity contribution is 0.818. The lowest BCUT2D eigenvalue weighted by atomic mass is 10.1. The number of hydrogen-bond donors (Lipinski definition) is 1. The molecule has 0 aliphatic rings. The number of hydrogen-bond acceptors (Lipinski definition) is 1. The Labute approximate surface area is 78.0 Å². The first-order chi connectivity index (χ1) is 6.18. The molecule has 2 rings (SSSR count). The van der Waals surface area contributed by atoms with E-state index < -0.39 is 0 Å². The largest absolute Gasteiger partial charge is 0.351 e. The van der Waals surface area contributed by atoms with Crippen LogP contribution in [0.4, 0.5) is 0 Å². The highest BCUT2D eigenvalue weighted by molar-refractivity contribution is 5.80. The van der Waals surface area contributed by atoms with Crippen LogP contribution in [0, 0.1) is 0 Å². The number of nitrogens with two attached hydrogens (primary N) is 1. The number of aryl methyl sites for hydroxylation is 1. The molecule has 0 saturated heterocycles. The van der Waals surface area contributed by atoms with Crippen LogP contribution in [-0.2, 0) is 7.05 Å². The summed E-state index contributed by atoms with van der Waals surface area (Å²) in [4.78, 5) is 0. The second kappa shape index (κ2) is 2.89. The molecule has 0 saturated carbocycles. The Morgan fingerprint density at radius 3 is 2.77 bits per heavy atom. The molecule has 0 radical (unpaired) electrons. The highest BCUT2D eigenvalue weighted by atomic mass is 14.9. The highest BCUT2D eigenvalue weighted by Gasteiger charge is 2.02. The number of rotatable bonds is 1. The second-order valence-corrected chi connectivity index (χ2v) is 3.53. The van der Waals surface area contributed by atoms with Gasteiger partial charge in [0.25, 0.3) is 0 Å². The topological polar surface area (TPSA) is 30.9 Å². The Hall–Kier alpha value is -1.28. The summed E-state index contributed by atoms with van der Waals surface area (Å²) >= 11 is 0. The third-order valence-corrected chi connectivity index (χ3v) is 2.44. The van der Waals surface area contributed by atoms with Crippen LogP contribution in [0.3, 0.4) is 0 Å². The van der Waals surface area contributed by atoms with Crippen LogP contribution in [0.15, 0.2) is 30.5 Å². The zero-order valence-corrected chi connectivity index (χ0v) is 7.99. The van der Waals surface area contributed by atoms with Crippen LogP contribution in [-0.4, -0.2) is 4.57 Å². The Kier molecular flexibility index (Phi) is 1.85. The Balaban J connectivity index is 2.66. The summed E-state index contributed by atoms with van der Waals surface area (Å²) in [6, 6.07) is 8.58. The standard InChI is InChI=1S/C11H14N2/c1-8(12)10-4-3-9-5-6-13(2)11(9)7-10/h3-8H,12H2,1-2H3/t8-/m0/s1. The zero-order valence-electron chi connectivity index (χ0n) is 7.99. The van der Waals surface area contributed by atoms with Crippen molar-refractivity contribution in [3.8, 4) is 0 Å². The first-order valence-electron chi connectivity index (χ1n) is 4.49. The van der Waals surface area contributed by atoms with Crippen LogP contribution < -0.4 is 5.73 Å². The van der Waals surface area contributed by atoms with Gasteiger partial charge in [0.05, 0.1) is 0 Å². The average Bonchev–Trinajstić information content (AvgIpc) is 2.47. The van der Waals surface area contributed by atoms with E-state index in [0.717, 1.165) is 0 Å². The molecule has 0 spiro atoms. The van der Waals surface area contributed by atoms with Crippen molar-refractivity contribution < 1.29 is 0 Å². The van der Waals surface area contributed by atoms with Gasteiger partial charge in [-0.05, 0) is 30.0 Å². The van der Waals surface area contributed by atoms with Gasteiger partial charge in [-0.25, -0.2) is 0 Å². The SMILES string of the molecule is C[C@H](N)c1ccc2ccn(C)c2c1. The second-order valence-electron chi connectivity index (χ2n) is 3.53. The molecule has 2 heteroatoms. The summed E-state index contributed by atoms with van der Waals surface area (Å²) in [7, 11) is 2.05. The van der Waals surface area contributed by atoms with Crippen molar-refractivity contribution >= 4 is 10.9 Å². The Morgan fingerprint density at radius 1 is 1.31 bits per heavy atom. The molecule has 1 aromatic carbocycles. The molecule has 2 nitrogen and oxygen atoms in total. The van der Waals surface area contributed by atoms with E-state index in [1.165, 1.54) is 16.5 Å². The number of aromatic nitrogens is 1. The Morgan fingerprint density at radius 2 is 2.08 bits per heavy atom. The van der Waals surface area contributed by atoms with Crippen LogP contribution in [0.5, 0.6) is 0 Å². The predicted octanol–water partition coefficient (Wildman–Crippen LogP) is 2.20. The average molecular weight is 174 g/mol. The van der Waals surface area contributed by atoms with Crippen molar-refractivity contribution in [2.24, 2.45) is 12.8 Å². The molecule has 1 heterocycles. The van der Waals surface area contributed by atoms with Crippen molar-refractivity contribution in [3.63, 3.8) is 0 Å². The van der Waals surface area contributed by atoms with Gasteiger partial charge in [0.15, 0.2) is 0 Å². The molecule has 2 N–H and O–H groups in total. The minimum Gasteiger partial charge on any atom is -0.351 e. The molecule has 0 aliphatic heterocycles. The van der Waals surface area contributed by atoms with E-state index in [1.54, 1.807) is 0 Å². The van der Waals surface area contributed by atoms with Crippen LogP contribution in [0.2, 0.25) is 0 Å². The van der Waals surface area contributed by atoms with E-state index in [9.17, 15) is 0 Å². The van der Waals surface area contributed by atoms with Crippen molar-refractivity contribution in [3.05, 3.63) is 36.0 Å². The molecule has 2 aromatic rings. The molecule has 0 unspecified atom stereocenters. The van der Waals surface area contributed by atoms with E-state index in [4.69, 9.17) is 5.73 Å². The molecule has 0 fully saturated rings. The number of nitrogens with zero attached hydrogens (tertiary/aromatic N) is 1. The Bertz CT molecular complexity index is 427. The normalized spacial score (nSPS) is 13.5. The third kappa shape index (κ3) is 1.33. The third-order valence-electron chi connectivity index (χ3n) is 2.44. The lowest BCUT2D eigenvalue weighted by Gasteiger charge is -2.05. The van der Waals surface area contributed by atoms with Crippen molar-refractivity contribution in [2.75, 3.05) is 0 Å². The van der Waals surface area contributed by atoms with Gasteiger partial charge in [0.1, 0.15) is 0 Å². The minimum atomic E-state index is 0.110. The molecular weight excluding hydrogens is 160 g/mol. The van der Waals surface area contributed by atoms with Crippen LogP contribution in [0.25, 0.3) is 10.9 Å². The highest BCUT2D eigenvalue weighted by Crippen LogP contribution is 2.19. The summed E-state index contributed by atoms with van der Waals surface area (Å²) < 4.78 is 2.11. The van der Waals surface area contributed by atoms with Crippen molar-refractivity contribution in [2.45, 2.75) is 13.0 Å². The van der Waals surface area contributed by atoms with Gasteiger partial charge in [0, 0.05) is 24.8 Å². The summed E-state index contributed by atoms with van der Waals surface area (Å²) in [6.07, 6.45) is 2.07. The van der Waals surface area contributed by atoms with Crippen molar-refractivity contribution in [1.29, 1.82) is 0 Å². The van der Waals surface area contributed by atoms with Crippen LogP contribution in [0.1, 0.15) is 18.5 Å². The molecule has 0 amide bonds.